The van der Waals surface area contributed by atoms with Gasteiger partial charge in [-0.15, -0.1) is 0 Å². The zero-order valence-electron chi connectivity index (χ0n) is 14.0. The average Bonchev–Trinajstić information content (AvgIpc) is 2.58. The van der Waals surface area contributed by atoms with E-state index in [2.05, 4.69) is 40.1 Å². The Labute approximate surface area is 138 Å². The molecule has 1 N–H and O–H groups in total. The van der Waals surface area contributed by atoms with Crippen molar-refractivity contribution in [1.29, 1.82) is 5.26 Å². The maximum Gasteiger partial charge on any atom is 0.203 e. The third-order valence-electron chi connectivity index (χ3n) is 3.58. The summed E-state index contributed by atoms with van der Waals surface area (Å²) in [5.74, 6) is 0.804. The summed E-state index contributed by atoms with van der Waals surface area (Å²) in [6.07, 6.45) is 5.62. The monoisotopic (exact) mass is 309 g/mol. The summed E-state index contributed by atoms with van der Waals surface area (Å²) in [6, 6.07) is 7.86. The van der Waals surface area contributed by atoms with E-state index >= 15 is 0 Å². The van der Waals surface area contributed by atoms with Crippen LogP contribution in [0.15, 0.2) is 46.9 Å². The Morgan fingerprint density at radius 2 is 2.00 bits per heavy atom. The van der Waals surface area contributed by atoms with E-state index in [0.717, 1.165) is 43.2 Å². The van der Waals surface area contributed by atoms with Crippen LogP contribution in [0.2, 0.25) is 0 Å². The molecule has 0 amide bonds. The number of pyridine rings is 1. The first-order chi connectivity index (χ1) is 11.2. The molecule has 120 valence electrons. The van der Waals surface area contributed by atoms with Crippen LogP contribution in [0.1, 0.15) is 39.3 Å². The fourth-order valence-corrected chi connectivity index (χ4v) is 2.50. The van der Waals surface area contributed by atoms with Crippen molar-refractivity contribution in [2.75, 3.05) is 13.1 Å². The number of guanidine groups is 1. The van der Waals surface area contributed by atoms with Crippen LogP contribution < -0.4 is 5.32 Å². The summed E-state index contributed by atoms with van der Waals surface area (Å²) in [5, 5.41) is 13.0. The average molecular weight is 309 g/mol. The van der Waals surface area contributed by atoms with Crippen molar-refractivity contribution in [3.8, 4) is 6.07 Å². The van der Waals surface area contributed by atoms with Crippen molar-refractivity contribution in [3.05, 3.63) is 47.6 Å². The molecule has 0 radical (unpaired) electrons. The Balaban J connectivity index is 2.38. The molecule has 0 spiro atoms. The number of aromatic nitrogens is 1. The number of hydrogen-bond acceptors (Lipinski definition) is 5. The summed E-state index contributed by atoms with van der Waals surface area (Å²) in [7, 11) is 0. The SMILES string of the molecule is CCCN(CCC)C1=NC=C(C)/C(=C(/C#N)c2ccccn2)N1. The third kappa shape index (κ3) is 3.98. The van der Waals surface area contributed by atoms with Gasteiger partial charge in [0.15, 0.2) is 0 Å². The normalized spacial score (nSPS) is 15.9. The van der Waals surface area contributed by atoms with Gasteiger partial charge in [-0.3, -0.25) is 4.98 Å². The van der Waals surface area contributed by atoms with Gasteiger partial charge in [-0.2, -0.15) is 5.26 Å². The quantitative estimate of drug-likeness (QED) is 0.848. The zero-order valence-corrected chi connectivity index (χ0v) is 14.0. The third-order valence-corrected chi connectivity index (χ3v) is 3.58. The predicted molar refractivity (Wildman–Crippen MR) is 93.3 cm³/mol. The van der Waals surface area contributed by atoms with E-state index in [0.29, 0.717) is 11.3 Å². The van der Waals surface area contributed by atoms with Gasteiger partial charge < -0.3 is 10.2 Å². The van der Waals surface area contributed by atoms with Crippen LogP contribution in [0, 0.1) is 11.3 Å². The highest BCUT2D eigenvalue weighted by Gasteiger charge is 2.20. The maximum atomic E-state index is 9.61. The molecular formula is C18H23N5. The lowest BCUT2D eigenvalue weighted by Gasteiger charge is -2.29. The lowest BCUT2D eigenvalue weighted by Crippen LogP contribution is -2.43. The number of aliphatic imine (C=N–C) groups is 1. The number of allylic oxidation sites excluding steroid dienone is 2. The van der Waals surface area contributed by atoms with Gasteiger partial charge in [-0.25, -0.2) is 4.99 Å². The van der Waals surface area contributed by atoms with Gasteiger partial charge in [0, 0.05) is 25.5 Å². The molecule has 1 aromatic rings. The summed E-state index contributed by atoms with van der Waals surface area (Å²) in [6.45, 7) is 8.13. The molecule has 0 atom stereocenters. The minimum Gasteiger partial charge on any atom is -0.342 e. The highest BCUT2D eigenvalue weighted by molar-refractivity contribution is 5.90. The van der Waals surface area contributed by atoms with Crippen LogP contribution >= 0.6 is 0 Å². The molecule has 0 bridgehead atoms. The van der Waals surface area contributed by atoms with Crippen LogP contribution in [0.5, 0.6) is 0 Å². The molecule has 1 aliphatic rings. The predicted octanol–water partition coefficient (Wildman–Crippen LogP) is 3.30. The Morgan fingerprint density at radius 3 is 2.57 bits per heavy atom. The second kappa shape index (κ2) is 8.14. The summed E-state index contributed by atoms with van der Waals surface area (Å²) in [4.78, 5) is 11.0. The summed E-state index contributed by atoms with van der Waals surface area (Å²) in [5.41, 5.74) is 2.93. The number of nitriles is 1. The molecule has 5 nitrogen and oxygen atoms in total. The standard InChI is InChI=1S/C18H23N5/c1-4-10-23(11-5-2)18-21-13-14(3)17(22-18)15(12-19)16-8-6-7-9-20-16/h6-9,13H,4-5,10-11H2,1-3H3,(H,21,22)/b17-15+. The van der Waals surface area contributed by atoms with E-state index in [1.54, 1.807) is 6.20 Å². The Morgan fingerprint density at radius 1 is 1.26 bits per heavy atom. The van der Waals surface area contributed by atoms with Gasteiger partial charge in [0.25, 0.3) is 0 Å². The van der Waals surface area contributed by atoms with Crippen LogP contribution in [0.4, 0.5) is 0 Å². The van der Waals surface area contributed by atoms with Crippen molar-refractivity contribution < 1.29 is 0 Å². The van der Waals surface area contributed by atoms with Crippen LogP contribution in [0.25, 0.3) is 5.57 Å². The summed E-state index contributed by atoms with van der Waals surface area (Å²) < 4.78 is 0. The molecular weight excluding hydrogens is 286 g/mol. The molecule has 5 heteroatoms. The molecule has 0 fully saturated rings. The topological polar surface area (TPSA) is 64.3 Å². The second-order valence-corrected chi connectivity index (χ2v) is 5.45. The van der Waals surface area contributed by atoms with Gasteiger partial charge in [0.05, 0.1) is 11.4 Å². The molecule has 23 heavy (non-hydrogen) atoms. The molecule has 0 unspecified atom stereocenters. The molecule has 0 saturated carbocycles. The van der Waals surface area contributed by atoms with Gasteiger partial charge in [-0.05, 0) is 37.5 Å². The lowest BCUT2D eigenvalue weighted by atomic mass is 10.1. The first-order valence-electron chi connectivity index (χ1n) is 8.03. The van der Waals surface area contributed by atoms with E-state index < -0.39 is 0 Å². The van der Waals surface area contributed by atoms with E-state index in [9.17, 15) is 5.26 Å². The first-order valence-corrected chi connectivity index (χ1v) is 8.03. The highest BCUT2D eigenvalue weighted by Crippen LogP contribution is 2.22. The zero-order chi connectivity index (χ0) is 16.7. The fraction of sp³-hybridized carbons (Fsp3) is 0.389. The number of nitrogens with zero attached hydrogens (tertiary/aromatic N) is 4. The molecule has 1 aromatic heterocycles. The van der Waals surface area contributed by atoms with Crippen molar-refractivity contribution in [2.45, 2.75) is 33.6 Å². The fourth-order valence-electron chi connectivity index (χ4n) is 2.50. The van der Waals surface area contributed by atoms with E-state index in [1.807, 2.05) is 31.3 Å². The van der Waals surface area contributed by atoms with Gasteiger partial charge in [0.2, 0.25) is 5.96 Å². The van der Waals surface area contributed by atoms with E-state index in [4.69, 9.17) is 0 Å². The smallest absolute Gasteiger partial charge is 0.203 e. The van der Waals surface area contributed by atoms with Gasteiger partial charge >= 0.3 is 0 Å². The first kappa shape index (κ1) is 16.8. The second-order valence-electron chi connectivity index (χ2n) is 5.45. The van der Waals surface area contributed by atoms with E-state index in [-0.39, 0.29) is 0 Å². The van der Waals surface area contributed by atoms with Crippen molar-refractivity contribution >= 4 is 11.5 Å². The molecule has 0 aromatic carbocycles. The molecule has 1 aliphatic heterocycles. The molecule has 2 rings (SSSR count). The van der Waals surface area contributed by atoms with E-state index in [1.165, 1.54) is 0 Å². The van der Waals surface area contributed by atoms with Crippen molar-refractivity contribution in [1.82, 2.24) is 15.2 Å². The van der Waals surface area contributed by atoms with Crippen molar-refractivity contribution in [3.63, 3.8) is 0 Å². The number of hydrogen-bond donors (Lipinski definition) is 1. The Hall–Kier alpha value is -2.61. The minimum absolute atomic E-state index is 0.541. The van der Waals surface area contributed by atoms with Gasteiger partial charge in [-0.1, -0.05) is 19.9 Å². The van der Waals surface area contributed by atoms with Crippen LogP contribution in [-0.2, 0) is 0 Å². The lowest BCUT2D eigenvalue weighted by molar-refractivity contribution is 0.405. The molecule has 0 saturated heterocycles. The van der Waals surface area contributed by atoms with Crippen molar-refractivity contribution in [2.24, 2.45) is 4.99 Å². The molecule has 0 aliphatic carbocycles. The van der Waals surface area contributed by atoms with Gasteiger partial charge in [0.1, 0.15) is 11.6 Å². The Bertz CT molecular complexity index is 658. The Kier molecular flexibility index (Phi) is 5.93. The van der Waals surface area contributed by atoms with Crippen LogP contribution in [-0.4, -0.2) is 28.9 Å². The maximum absolute atomic E-state index is 9.61. The summed E-state index contributed by atoms with van der Waals surface area (Å²) >= 11 is 0. The highest BCUT2D eigenvalue weighted by atomic mass is 15.3. The molecule has 2 heterocycles. The number of rotatable bonds is 5. The van der Waals surface area contributed by atoms with Crippen LogP contribution in [0.3, 0.4) is 0 Å². The number of nitrogens with one attached hydrogen (secondary N) is 1. The largest absolute Gasteiger partial charge is 0.342 e. The minimum atomic E-state index is 0.541.